The monoisotopic (exact) mass is 254 g/mol. The van der Waals surface area contributed by atoms with Gasteiger partial charge in [0, 0.05) is 13.2 Å². The SMILES string of the molecule is CC(C)C1NC(=O)C(C)N(CC2CCCO2)C1=O. The van der Waals surface area contributed by atoms with Crippen LogP contribution in [-0.4, -0.2) is 48.1 Å². The summed E-state index contributed by atoms with van der Waals surface area (Å²) < 4.78 is 5.56. The van der Waals surface area contributed by atoms with Gasteiger partial charge in [0.15, 0.2) is 0 Å². The standard InChI is InChI=1S/C13H22N2O3/c1-8(2)11-13(17)15(9(3)12(16)14-11)7-10-5-4-6-18-10/h8-11H,4-7H2,1-3H3,(H,14,16). The summed E-state index contributed by atoms with van der Waals surface area (Å²) >= 11 is 0. The number of nitrogens with zero attached hydrogens (tertiary/aromatic N) is 1. The van der Waals surface area contributed by atoms with E-state index in [1.807, 2.05) is 13.8 Å². The lowest BCUT2D eigenvalue weighted by Crippen LogP contribution is -2.64. The molecule has 5 nitrogen and oxygen atoms in total. The molecule has 2 fully saturated rings. The smallest absolute Gasteiger partial charge is 0.246 e. The fourth-order valence-electron chi connectivity index (χ4n) is 2.55. The lowest BCUT2D eigenvalue weighted by Gasteiger charge is -2.39. The highest BCUT2D eigenvalue weighted by Gasteiger charge is 2.40. The van der Waals surface area contributed by atoms with Gasteiger partial charge in [0.05, 0.1) is 6.10 Å². The third-order valence-corrected chi connectivity index (χ3v) is 3.78. The lowest BCUT2D eigenvalue weighted by atomic mass is 9.98. The molecule has 0 aromatic rings. The molecule has 0 radical (unpaired) electrons. The van der Waals surface area contributed by atoms with Crippen molar-refractivity contribution in [2.45, 2.75) is 51.8 Å². The Balaban J connectivity index is 2.08. The number of rotatable bonds is 3. The molecule has 2 saturated heterocycles. The number of hydrogen-bond donors (Lipinski definition) is 1. The van der Waals surface area contributed by atoms with Crippen LogP contribution in [0.4, 0.5) is 0 Å². The quantitative estimate of drug-likeness (QED) is 0.799. The molecule has 0 aromatic carbocycles. The van der Waals surface area contributed by atoms with Crippen LogP contribution in [0.15, 0.2) is 0 Å². The van der Waals surface area contributed by atoms with Crippen LogP contribution in [0.1, 0.15) is 33.6 Å². The van der Waals surface area contributed by atoms with Crippen LogP contribution in [0.25, 0.3) is 0 Å². The van der Waals surface area contributed by atoms with E-state index in [1.165, 1.54) is 0 Å². The highest BCUT2D eigenvalue weighted by Crippen LogP contribution is 2.19. The van der Waals surface area contributed by atoms with Gasteiger partial charge in [-0.1, -0.05) is 13.8 Å². The maximum Gasteiger partial charge on any atom is 0.246 e. The second-order valence-electron chi connectivity index (χ2n) is 5.53. The Hall–Kier alpha value is -1.10. The van der Waals surface area contributed by atoms with E-state index in [1.54, 1.807) is 11.8 Å². The fourth-order valence-corrected chi connectivity index (χ4v) is 2.55. The zero-order valence-electron chi connectivity index (χ0n) is 11.3. The molecule has 2 heterocycles. The Morgan fingerprint density at radius 3 is 2.72 bits per heavy atom. The average molecular weight is 254 g/mol. The lowest BCUT2D eigenvalue weighted by molar-refractivity contribution is -0.151. The molecule has 2 rings (SSSR count). The molecule has 2 aliphatic heterocycles. The Morgan fingerprint density at radius 2 is 2.17 bits per heavy atom. The zero-order valence-corrected chi connectivity index (χ0v) is 11.3. The third-order valence-electron chi connectivity index (χ3n) is 3.78. The molecule has 2 amide bonds. The second kappa shape index (κ2) is 5.26. The van der Waals surface area contributed by atoms with Crippen LogP contribution in [-0.2, 0) is 14.3 Å². The highest BCUT2D eigenvalue weighted by molar-refractivity contribution is 5.96. The van der Waals surface area contributed by atoms with E-state index in [-0.39, 0.29) is 23.8 Å². The summed E-state index contributed by atoms with van der Waals surface area (Å²) in [6.45, 7) is 6.97. The summed E-state index contributed by atoms with van der Waals surface area (Å²) in [5.74, 6) is 0.0693. The largest absolute Gasteiger partial charge is 0.376 e. The Labute approximate surface area is 108 Å². The number of amides is 2. The Morgan fingerprint density at radius 1 is 1.44 bits per heavy atom. The summed E-state index contributed by atoms with van der Waals surface area (Å²) in [6, 6.07) is -0.785. The first-order chi connectivity index (χ1) is 8.50. The third kappa shape index (κ3) is 2.51. The van der Waals surface area contributed by atoms with Crippen molar-refractivity contribution in [3.05, 3.63) is 0 Å². The number of ether oxygens (including phenoxy) is 1. The first-order valence-corrected chi connectivity index (χ1v) is 6.73. The van der Waals surface area contributed by atoms with E-state index >= 15 is 0 Å². The molecular weight excluding hydrogens is 232 g/mol. The molecule has 18 heavy (non-hydrogen) atoms. The van der Waals surface area contributed by atoms with Gasteiger partial charge in [-0.25, -0.2) is 0 Å². The second-order valence-corrected chi connectivity index (χ2v) is 5.53. The molecule has 0 aliphatic carbocycles. The zero-order chi connectivity index (χ0) is 13.3. The van der Waals surface area contributed by atoms with Gasteiger partial charge in [-0.2, -0.15) is 0 Å². The van der Waals surface area contributed by atoms with E-state index in [4.69, 9.17) is 4.74 Å². The Kier molecular flexibility index (Phi) is 3.90. The van der Waals surface area contributed by atoms with Crippen molar-refractivity contribution in [1.82, 2.24) is 10.2 Å². The molecule has 1 N–H and O–H groups in total. The van der Waals surface area contributed by atoms with Crippen molar-refractivity contribution < 1.29 is 14.3 Å². The number of carbonyl (C=O) groups is 2. The van der Waals surface area contributed by atoms with E-state index in [2.05, 4.69) is 5.32 Å². The van der Waals surface area contributed by atoms with Crippen LogP contribution < -0.4 is 5.32 Å². The summed E-state index contributed by atoms with van der Waals surface area (Å²) in [4.78, 5) is 25.9. The fraction of sp³-hybridized carbons (Fsp3) is 0.846. The molecule has 2 aliphatic rings. The van der Waals surface area contributed by atoms with Gasteiger partial charge in [-0.15, -0.1) is 0 Å². The maximum absolute atomic E-state index is 12.4. The summed E-state index contributed by atoms with van der Waals surface area (Å²) in [5.41, 5.74) is 0. The van der Waals surface area contributed by atoms with Gasteiger partial charge in [0.25, 0.3) is 0 Å². The summed E-state index contributed by atoms with van der Waals surface area (Å²) in [7, 11) is 0. The molecule has 0 bridgehead atoms. The molecule has 102 valence electrons. The molecule has 3 atom stereocenters. The van der Waals surface area contributed by atoms with Gasteiger partial charge >= 0.3 is 0 Å². The number of nitrogens with one attached hydrogen (secondary N) is 1. The van der Waals surface area contributed by atoms with Crippen LogP contribution in [0, 0.1) is 5.92 Å². The van der Waals surface area contributed by atoms with Crippen molar-refractivity contribution in [2.24, 2.45) is 5.92 Å². The van der Waals surface area contributed by atoms with Gasteiger partial charge in [-0.3, -0.25) is 9.59 Å². The minimum atomic E-state index is -0.393. The number of hydrogen-bond acceptors (Lipinski definition) is 3. The number of carbonyl (C=O) groups excluding carboxylic acids is 2. The van der Waals surface area contributed by atoms with Gasteiger partial charge < -0.3 is 15.0 Å². The molecule has 5 heteroatoms. The predicted molar refractivity (Wildman–Crippen MR) is 66.9 cm³/mol. The van der Waals surface area contributed by atoms with Gasteiger partial charge in [0.2, 0.25) is 11.8 Å². The van der Waals surface area contributed by atoms with Crippen molar-refractivity contribution in [2.75, 3.05) is 13.2 Å². The minimum Gasteiger partial charge on any atom is -0.376 e. The van der Waals surface area contributed by atoms with Crippen molar-refractivity contribution >= 4 is 11.8 Å². The van der Waals surface area contributed by atoms with Crippen LogP contribution >= 0.6 is 0 Å². The van der Waals surface area contributed by atoms with Gasteiger partial charge in [-0.05, 0) is 25.7 Å². The van der Waals surface area contributed by atoms with Crippen LogP contribution in [0.5, 0.6) is 0 Å². The first-order valence-electron chi connectivity index (χ1n) is 6.73. The van der Waals surface area contributed by atoms with E-state index < -0.39 is 12.1 Å². The van der Waals surface area contributed by atoms with Gasteiger partial charge in [0.1, 0.15) is 12.1 Å². The van der Waals surface area contributed by atoms with Crippen molar-refractivity contribution in [3.8, 4) is 0 Å². The predicted octanol–water partition coefficient (Wildman–Crippen LogP) is 0.537. The van der Waals surface area contributed by atoms with Crippen LogP contribution in [0.3, 0.4) is 0 Å². The molecule has 0 spiro atoms. The normalized spacial score (nSPS) is 33.1. The Bertz CT molecular complexity index is 337. The number of piperazine rings is 1. The summed E-state index contributed by atoms with van der Waals surface area (Å²) in [5, 5.41) is 2.80. The average Bonchev–Trinajstić information content (AvgIpc) is 2.81. The van der Waals surface area contributed by atoms with E-state index in [9.17, 15) is 9.59 Å². The highest BCUT2D eigenvalue weighted by atomic mass is 16.5. The van der Waals surface area contributed by atoms with Crippen LogP contribution in [0.2, 0.25) is 0 Å². The molecule has 3 unspecified atom stereocenters. The van der Waals surface area contributed by atoms with E-state index in [0.29, 0.717) is 6.54 Å². The topological polar surface area (TPSA) is 58.6 Å². The molecule has 0 aromatic heterocycles. The maximum atomic E-state index is 12.4. The minimum absolute atomic E-state index is 0.0209. The van der Waals surface area contributed by atoms with Crippen molar-refractivity contribution in [1.29, 1.82) is 0 Å². The molecule has 0 saturated carbocycles. The first kappa shape index (κ1) is 13.3. The van der Waals surface area contributed by atoms with Crippen molar-refractivity contribution in [3.63, 3.8) is 0 Å². The summed E-state index contributed by atoms with van der Waals surface area (Å²) in [6.07, 6.45) is 2.11. The molecular formula is C13H22N2O3. The van der Waals surface area contributed by atoms with E-state index in [0.717, 1.165) is 19.4 Å².